The van der Waals surface area contributed by atoms with E-state index in [1.807, 2.05) is 0 Å². The fraction of sp³-hybridized carbons (Fsp3) is 0.667. The van der Waals surface area contributed by atoms with Crippen molar-refractivity contribution < 1.29 is 23.9 Å². The third kappa shape index (κ3) is 3.89. The minimum absolute atomic E-state index is 0.0419. The zero-order valence-electron chi connectivity index (χ0n) is 10.3. The lowest BCUT2D eigenvalue weighted by molar-refractivity contribution is -0.139. The number of methoxy groups -OCH3 is 1. The summed E-state index contributed by atoms with van der Waals surface area (Å²) < 4.78 is 4.34. The van der Waals surface area contributed by atoms with Gasteiger partial charge in [0.05, 0.1) is 7.11 Å². The summed E-state index contributed by atoms with van der Waals surface area (Å²) in [5.74, 6) is -1.47. The average Bonchev–Trinajstić information content (AvgIpc) is 2.54. The number of rotatable bonds is 4. The third-order valence-corrected chi connectivity index (χ3v) is 3.05. The lowest BCUT2D eigenvalue weighted by atomic mass is 9.92. The van der Waals surface area contributed by atoms with Crippen molar-refractivity contribution in [1.82, 2.24) is 0 Å². The molecule has 1 rings (SSSR count). The fourth-order valence-electron chi connectivity index (χ4n) is 2.12. The van der Waals surface area contributed by atoms with E-state index in [1.165, 1.54) is 0 Å². The first kappa shape index (κ1) is 14.3. The number of hydrogen-bond acceptors (Lipinski definition) is 4. The summed E-state index contributed by atoms with van der Waals surface area (Å²) in [5.41, 5.74) is 8.03. The van der Waals surface area contributed by atoms with Gasteiger partial charge in [0.1, 0.15) is 5.78 Å². The first-order chi connectivity index (χ1) is 8.58. The Morgan fingerprint density at radius 1 is 1.44 bits per heavy atom. The van der Waals surface area contributed by atoms with E-state index in [4.69, 9.17) is 5.53 Å². The molecule has 1 atom stereocenters. The van der Waals surface area contributed by atoms with Crippen LogP contribution in [0.5, 0.6) is 0 Å². The van der Waals surface area contributed by atoms with Crippen LogP contribution in [-0.4, -0.2) is 35.1 Å². The van der Waals surface area contributed by atoms with Gasteiger partial charge in [-0.25, -0.2) is 4.79 Å². The maximum atomic E-state index is 11.8. The van der Waals surface area contributed by atoms with Crippen LogP contribution in [0.25, 0.3) is 5.53 Å². The van der Waals surface area contributed by atoms with Crippen molar-refractivity contribution in [2.45, 2.75) is 38.5 Å². The van der Waals surface area contributed by atoms with E-state index < -0.39 is 17.5 Å². The molecule has 0 aliphatic heterocycles. The molecular formula is C12H16N2O4. The summed E-state index contributed by atoms with van der Waals surface area (Å²) >= 11 is 0. The first-order valence-electron chi connectivity index (χ1n) is 5.93. The minimum atomic E-state index is -0.956. The lowest BCUT2D eigenvalue weighted by Gasteiger charge is -2.09. The molecule has 1 saturated carbocycles. The summed E-state index contributed by atoms with van der Waals surface area (Å²) in [4.78, 5) is 37.0. The van der Waals surface area contributed by atoms with Crippen LogP contribution in [0, 0.1) is 5.92 Å². The average molecular weight is 252 g/mol. The molecule has 0 aromatic carbocycles. The molecule has 1 fully saturated rings. The van der Waals surface area contributed by atoms with Crippen LogP contribution in [0.2, 0.25) is 0 Å². The van der Waals surface area contributed by atoms with E-state index in [1.54, 1.807) is 0 Å². The number of ketones is 2. The van der Waals surface area contributed by atoms with Gasteiger partial charge < -0.3 is 10.3 Å². The molecule has 1 aliphatic carbocycles. The highest BCUT2D eigenvalue weighted by atomic mass is 16.5. The summed E-state index contributed by atoms with van der Waals surface area (Å²) in [6.45, 7) is 0. The molecule has 6 nitrogen and oxygen atoms in total. The molecule has 0 aromatic rings. The van der Waals surface area contributed by atoms with Crippen molar-refractivity contribution in [2.75, 3.05) is 7.11 Å². The molecule has 18 heavy (non-hydrogen) atoms. The van der Waals surface area contributed by atoms with E-state index in [0.717, 1.165) is 26.4 Å². The Balaban J connectivity index is 2.65. The summed E-state index contributed by atoms with van der Waals surface area (Å²) in [6.07, 6.45) is 3.47. The van der Waals surface area contributed by atoms with Crippen molar-refractivity contribution in [1.29, 1.82) is 0 Å². The van der Waals surface area contributed by atoms with Gasteiger partial charge in [-0.15, -0.1) is 0 Å². The number of carbonyl (C=O) groups is 3. The number of ether oxygens (including phenoxy) is 1. The maximum absolute atomic E-state index is 11.8. The van der Waals surface area contributed by atoms with Gasteiger partial charge in [-0.2, -0.15) is 4.79 Å². The zero-order chi connectivity index (χ0) is 13.5. The topological polar surface area (TPSA) is 96.8 Å². The largest absolute Gasteiger partial charge is 0.460 e. The molecule has 0 heterocycles. The predicted molar refractivity (Wildman–Crippen MR) is 61.8 cm³/mol. The molecule has 0 radical (unpaired) electrons. The molecule has 0 bridgehead atoms. The number of carbonyl (C=O) groups excluding carboxylic acids is 3. The normalized spacial score (nSPS) is 19.6. The van der Waals surface area contributed by atoms with Gasteiger partial charge in [0.25, 0.3) is 5.78 Å². The highest BCUT2D eigenvalue weighted by Gasteiger charge is 2.33. The summed E-state index contributed by atoms with van der Waals surface area (Å²) in [5, 5.41) is 0. The monoisotopic (exact) mass is 252 g/mol. The quantitative estimate of drug-likeness (QED) is 0.186. The van der Waals surface area contributed by atoms with Crippen molar-refractivity contribution in [3.63, 3.8) is 0 Å². The van der Waals surface area contributed by atoms with Crippen LogP contribution < -0.4 is 0 Å². The first-order valence-corrected chi connectivity index (χ1v) is 5.93. The van der Waals surface area contributed by atoms with Crippen LogP contribution >= 0.6 is 0 Å². The number of hydrogen-bond donors (Lipinski definition) is 0. The zero-order valence-corrected chi connectivity index (χ0v) is 10.3. The Bertz CT molecular complexity index is 410. The van der Waals surface area contributed by atoms with Gasteiger partial charge in [-0.05, 0) is 18.8 Å². The smallest absolute Gasteiger partial charge is 0.441 e. The molecule has 1 aliphatic rings. The Hall–Kier alpha value is -1.81. The second-order valence-electron chi connectivity index (χ2n) is 4.42. The Morgan fingerprint density at radius 2 is 2.17 bits per heavy atom. The van der Waals surface area contributed by atoms with E-state index in [-0.39, 0.29) is 18.1 Å². The standard InChI is InChI=1S/C12H16N2O4/c1-18-12(17)11(14-13)10(16)7-8-4-2-3-5-9(15)6-8/h8H,2-7H2,1H3. The molecule has 0 aromatic heterocycles. The van der Waals surface area contributed by atoms with Gasteiger partial charge >= 0.3 is 11.7 Å². The molecule has 0 N–H and O–H groups in total. The van der Waals surface area contributed by atoms with Gasteiger partial charge in [-0.3, -0.25) is 9.59 Å². The van der Waals surface area contributed by atoms with Crippen LogP contribution in [0.4, 0.5) is 0 Å². The van der Waals surface area contributed by atoms with Gasteiger partial charge in [-0.1, -0.05) is 6.42 Å². The number of nitrogens with zero attached hydrogens (tertiary/aromatic N) is 2. The lowest BCUT2D eigenvalue weighted by Crippen LogP contribution is -2.28. The predicted octanol–water partition coefficient (Wildman–Crippen LogP) is 0.939. The van der Waals surface area contributed by atoms with E-state index in [9.17, 15) is 14.4 Å². The van der Waals surface area contributed by atoms with E-state index in [2.05, 4.69) is 9.53 Å². The van der Waals surface area contributed by atoms with Gasteiger partial charge in [0.2, 0.25) is 0 Å². The number of Topliss-reactive ketones (excluding diaryl/α,β-unsaturated/α-hetero) is 2. The van der Waals surface area contributed by atoms with E-state index >= 15 is 0 Å². The van der Waals surface area contributed by atoms with E-state index in [0.29, 0.717) is 12.8 Å². The molecule has 98 valence electrons. The van der Waals surface area contributed by atoms with Crippen molar-refractivity contribution >= 4 is 23.2 Å². The second-order valence-corrected chi connectivity index (χ2v) is 4.42. The van der Waals surface area contributed by atoms with Gasteiger partial charge in [0, 0.05) is 19.3 Å². The molecule has 1 unspecified atom stereocenters. The second kappa shape index (κ2) is 6.81. The maximum Gasteiger partial charge on any atom is 0.441 e. The van der Waals surface area contributed by atoms with Crippen LogP contribution in [0.3, 0.4) is 0 Å². The summed E-state index contributed by atoms with van der Waals surface area (Å²) in [6, 6.07) is 0. The number of esters is 1. The SMILES string of the molecule is COC(=O)C(=[N+]=[N-])C(=O)CC1CCCCC(=O)C1. The fourth-order valence-corrected chi connectivity index (χ4v) is 2.12. The molecule has 6 heteroatoms. The molecule has 0 amide bonds. The third-order valence-electron chi connectivity index (χ3n) is 3.05. The Kier molecular flexibility index (Phi) is 5.39. The van der Waals surface area contributed by atoms with Crippen molar-refractivity contribution in [3.8, 4) is 0 Å². The molecule has 0 spiro atoms. The van der Waals surface area contributed by atoms with Crippen LogP contribution in [0.1, 0.15) is 38.5 Å². The van der Waals surface area contributed by atoms with Crippen LogP contribution in [0.15, 0.2) is 0 Å². The highest BCUT2D eigenvalue weighted by Crippen LogP contribution is 2.23. The van der Waals surface area contributed by atoms with Crippen molar-refractivity contribution in [3.05, 3.63) is 5.53 Å². The minimum Gasteiger partial charge on any atom is -0.460 e. The Morgan fingerprint density at radius 3 is 2.78 bits per heavy atom. The summed E-state index contributed by atoms with van der Waals surface area (Å²) in [7, 11) is 1.11. The van der Waals surface area contributed by atoms with Crippen molar-refractivity contribution in [2.24, 2.45) is 5.92 Å². The Labute approximate surface area is 105 Å². The molecular weight excluding hydrogens is 236 g/mol. The molecule has 0 saturated heterocycles. The van der Waals surface area contributed by atoms with Gasteiger partial charge in [0.15, 0.2) is 0 Å². The van der Waals surface area contributed by atoms with Crippen LogP contribution in [-0.2, 0) is 19.1 Å². The highest BCUT2D eigenvalue weighted by molar-refractivity contribution is 6.62.